The summed E-state index contributed by atoms with van der Waals surface area (Å²) in [4.78, 5) is 49.5. The minimum Gasteiger partial charge on any atom is -0.480 e. The van der Waals surface area contributed by atoms with E-state index in [1.807, 2.05) is 30.3 Å². The van der Waals surface area contributed by atoms with E-state index in [0.717, 1.165) is 11.1 Å². The lowest BCUT2D eigenvalue weighted by Gasteiger charge is -2.29. The van der Waals surface area contributed by atoms with Gasteiger partial charge in [-0.05, 0) is 35.6 Å². The maximum atomic E-state index is 12.6. The lowest BCUT2D eigenvalue weighted by Crippen LogP contribution is -2.44. The first-order valence-corrected chi connectivity index (χ1v) is 15.1. The summed E-state index contributed by atoms with van der Waals surface area (Å²) in [5.74, 6) is -5.98. The third-order valence-electron chi connectivity index (χ3n) is 6.23. The number of carbonyl (C=O) groups is 4. The van der Waals surface area contributed by atoms with Gasteiger partial charge in [0.25, 0.3) is 0 Å². The van der Waals surface area contributed by atoms with Gasteiger partial charge in [-0.2, -0.15) is 0 Å². The van der Waals surface area contributed by atoms with Gasteiger partial charge in [-0.25, -0.2) is 8.42 Å². The van der Waals surface area contributed by atoms with Crippen molar-refractivity contribution in [3.63, 3.8) is 0 Å². The lowest BCUT2D eigenvalue weighted by molar-refractivity contribution is -0.143. The summed E-state index contributed by atoms with van der Waals surface area (Å²) in [5, 5.41) is 37.1. The van der Waals surface area contributed by atoms with Crippen molar-refractivity contribution in [1.29, 1.82) is 0 Å². The van der Waals surface area contributed by atoms with Crippen LogP contribution >= 0.6 is 0 Å². The number of nitrogens with zero attached hydrogens (tertiary/aromatic N) is 3. The van der Waals surface area contributed by atoms with Crippen molar-refractivity contribution in [3.8, 4) is 0 Å². The van der Waals surface area contributed by atoms with E-state index in [1.54, 1.807) is 29.2 Å². The zero-order valence-corrected chi connectivity index (χ0v) is 24.4. The van der Waals surface area contributed by atoms with Crippen molar-refractivity contribution in [1.82, 2.24) is 9.80 Å². The Morgan fingerprint density at radius 3 is 1.60 bits per heavy atom. The van der Waals surface area contributed by atoms with Crippen LogP contribution in [0.25, 0.3) is 0 Å². The van der Waals surface area contributed by atoms with Crippen LogP contribution in [0.3, 0.4) is 0 Å². The Kier molecular flexibility index (Phi) is 13.8. The van der Waals surface area contributed by atoms with E-state index in [-0.39, 0.29) is 31.1 Å². The van der Waals surface area contributed by atoms with Crippen molar-refractivity contribution in [3.05, 3.63) is 78.4 Å². The van der Waals surface area contributed by atoms with Gasteiger partial charge in [0.1, 0.15) is 5.88 Å². The summed E-state index contributed by atoms with van der Waals surface area (Å²) in [7, 11) is -3.49. The first kappa shape index (κ1) is 34.9. The highest BCUT2D eigenvalue weighted by atomic mass is 32.2. The SMILES string of the molecule is C=CCS(=O)(=O)CN(Cc1ccccc1)c1ccc(CC(CN(CC(=O)O)CC(=O)O)CN(CC(=O)O)CC(=O)O)cc1. The Morgan fingerprint density at radius 2 is 1.19 bits per heavy atom. The molecule has 43 heavy (non-hydrogen) atoms. The van der Waals surface area contributed by atoms with Crippen LogP contribution in [-0.2, 0) is 42.0 Å². The number of hydrogen-bond donors (Lipinski definition) is 4. The van der Waals surface area contributed by atoms with E-state index < -0.39 is 65.8 Å². The molecule has 0 saturated heterocycles. The third kappa shape index (κ3) is 14.0. The van der Waals surface area contributed by atoms with E-state index in [0.29, 0.717) is 12.2 Å². The fourth-order valence-electron chi connectivity index (χ4n) is 4.71. The molecule has 0 aliphatic carbocycles. The predicted molar refractivity (Wildman–Crippen MR) is 159 cm³/mol. The van der Waals surface area contributed by atoms with Gasteiger partial charge in [0, 0.05) is 25.3 Å². The van der Waals surface area contributed by atoms with E-state index in [9.17, 15) is 48.0 Å². The van der Waals surface area contributed by atoms with Crippen LogP contribution in [-0.4, -0.2) is 113 Å². The Hall–Kier alpha value is -4.27. The molecule has 0 aliphatic heterocycles. The summed E-state index contributed by atoms with van der Waals surface area (Å²) in [6.07, 6.45) is 1.56. The number of sulfone groups is 1. The molecule has 234 valence electrons. The van der Waals surface area contributed by atoms with Gasteiger partial charge in [0.2, 0.25) is 0 Å². The van der Waals surface area contributed by atoms with Crippen molar-refractivity contribution < 1.29 is 48.0 Å². The van der Waals surface area contributed by atoms with Gasteiger partial charge in [0.15, 0.2) is 9.84 Å². The smallest absolute Gasteiger partial charge is 0.317 e. The molecule has 0 aliphatic rings. The summed E-state index contributed by atoms with van der Waals surface area (Å²) in [5.41, 5.74) is 2.24. The number of aliphatic carboxylic acids is 4. The molecule has 4 N–H and O–H groups in total. The molecule has 0 saturated carbocycles. The molecule has 14 heteroatoms. The molecule has 0 amide bonds. The topological polar surface area (TPSA) is 193 Å². The van der Waals surface area contributed by atoms with Crippen LogP contribution in [0.5, 0.6) is 0 Å². The number of rotatable bonds is 21. The number of benzene rings is 2. The van der Waals surface area contributed by atoms with E-state index in [1.165, 1.54) is 15.9 Å². The summed E-state index contributed by atoms with van der Waals surface area (Å²) in [6.45, 7) is 1.41. The molecular weight excluding hydrogens is 582 g/mol. The van der Waals surface area contributed by atoms with Crippen LogP contribution in [0.2, 0.25) is 0 Å². The maximum Gasteiger partial charge on any atom is 0.317 e. The van der Waals surface area contributed by atoms with Crippen molar-refractivity contribution in [2.75, 3.05) is 55.8 Å². The van der Waals surface area contributed by atoms with Crippen LogP contribution in [0.4, 0.5) is 5.69 Å². The van der Waals surface area contributed by atoms with Gasteiger partial charge in [0.05, 0.1) is 31.9 Å². The second-order valence-electron chi connectivity index (χ2n) is 10.2. The molecule has 0 radical (unpaired) electrons. The number of anilines is 1. The predicted octanol–water partition coefficient (Wildman–Crippen LogP) is 1.35. The molecule has 2 rings (SSSR count). The first-order chi connectivity index (χ1) is 20.3. The van der Waals surface area contributed by atoms with E-state index in [2.05, 4.69) is 6.58 Å². The quantitative estimate of drug-likeness (QED) is 0.147. The van der Waals surface area contributed by atoms with Crippen LogP contribution in [0, 0.1) is 5.92 Å². The molecule has 0 atom stereocenters. The van der Waals surface area contributed by atoms with Crippen molar-refractivity contribution in [2.45, 2.75) is 13.0 Å². The minimum absolute atomic E-state index is 0.0595. The second kappa shape index (κ2) is 17.0. The highest BCUT2D eigenvalue weighted by Crippen LogP contribution is 2.22. The Morgan fingerprint density at radius 1 is 0.721 bits per heavy atom. The summed E-state index contributed by atoms with van der Waals surface area (Å²) < 4.78 is 25.3. The highest BCUT2D eigenvalue weighted by molar-refractivity contribution is 7.91. The first-order valence-electron chi connectivity index (χ1n) is 13.3. The Balaban J connectivity index is 2.36. The average molecular weight is 620 g/mol. The molecular formula is C29H37N3O10S. The lowest BCUT2D eigenvalue weighted by atomic mass is 9.97. The van der Waals surface area contributed by atoms with Crippen molar-refractivity contribution in [2.24, 2.45) is 5.92 Å². The van der Waals surface area contributed by atoms with E-state index in [4.69, 9.17) is 0 Å². The van der Waals surface area contributed by atoms with Gasteiger partial charge in [-0.15, -0.1) is 6.58 Å². The highest BCUT2D eigenvalue weighted by Gasteiger charge is 2.24. The minimum atomic E-state index is -3.49. The largest absolute Gasteiger partial charge is 0.480 e. The fraction of sp³-hybridized carbons (Fsp3) is 0.379. The van der Waals surface area contributed by atoms with Crippen LogP contribution < -0.4 is 4.90 Å². The molecule has 0 unspecified atom stereocenters. The molecule has 0 aromatic heterocycles. The van der Waals surface area contributed by atoms with Gasteiger partial charge in [-0.1, -0.05) is 48.5 Å². The molecule has 0 bridgehead atoms. The van der Waals surface area contributed by atoms with E-state index >= 15 is 0 Å². The van der Waals surface area contributed by atoms with Gasteiger partial charge in [-0.3, -0.25) is 29.0 Å². The number of carboxylic acids is 4. The normalized spacial score (nSPS) is 11.5. The number of hydrogen-bond acceptors (Lipinski definition) is 9. The zero-order chi connectivity index (χ0) is 32.0. The molecule has 0 fully saturated rings. The molecule has 2 aromatic carbocycles. The summed E-state index contributed by atoms with van der Waals surface area (Å²) in [6, 6.07) is 16.3. The summed E-state index contributed by atoms with van der Waals surface area (Å²) >= 11 is 0. The van der Waals surface area contributed by atoms with Crippen LogP contribution in [0.1, 0.15) is 11.1 Å². The average Bonchev–Trinajstić information content (AvgIpc) is 2.87. The maximum absolute atomic E-state index is 12.6. The van der Waals surface area contributed by atoms with Crippen molar-refractivity contribution >= 4 is 39.4 Å². The van der Waals surface area contributed by atoms with Gasteiger partial charge >= 0.3 is 23.9 Å². The number of carboxylic acid groups (broad SMARTS) is 4. The molecule has 0 heterocycles. The van der Waals surface area contributed by atoms with Crippen LogP contribution in [0.15, 0.2) is 67.3 Å². The molecule has 13 nitrogen and oxygen atoms in total. The third-order valence-corrected chi connectivity index (χ3v) is 7.68. The fourth-order valence-corrected chi connectivity index (χ4v) is 5.89. The standard InChI is InChI=1S/C29H37N3O10S/c1-2-12-43(41,42)21-32(16-23-6-4-3-5-7-23)25-10-8-22(9-11-25)13-24(14-30(17-26(33)34)18-27(35)36)15-31(19-28(37)38)20-29(39)40/h2-11,24H,1,12-21H2,(H,33,34)(H,35,36)(H,37,38)(H,39,40). The molecule has 2 aromatic rings. The Bertz CT molecular complexity index is 1280. The Labute approximate surface area is 250 Å². The molecule has 0 spiro atoms. The zero-order valence-electron chi connectivity index (χ0n) is 23.6. The van der Waals surface area contributed by atoms with Gasteiger partial charge < -0.3 is 25.3 Å². The second-order valence-corrected chi connectivity index (χ2v) is 12.2. The monoisotopic (exact) mass is 619 g/mol.